The number of carbonyl (C=O) groups excluding carboxylic acids is 1. The second kappa shape index (κ2) is 8.95. The van der Waals surface area contributed by atoms with E-state index < -0.39 is 12.5 Å². The van der Waals surface area contributed by atoms with Crippen LogP contribution in [-0.4, -0.2) is 12.5 Å². The first-order chi connectivity index (χ1) is 12.8. The molecule has 0 saturated carbocycles. The van der Waals surface area contributed by atoms with Crippen molar-refractivity contribution < 1.29 is 18.3 Å². The van der Waals surface area contributed by atoms with Crippen molar-refractivity contribution in [2.75, 3.05) is 0 Å². The number of hydrogen-bond acceptors (Lipinski definition) is 3. The van der Waals surface area contributed by atoms with Crippen molar-refractivity contribution in [1.29, 1.82) is 5.26 Å². The van der Waals surface area contributed by atoms with Crippen LogP contribution in [0.5, 0.6) is 5.75 Å². The number of rotatable bonds is 6. The summed E-state index contributed by atoms with van der Waals surface area (Å²) in [6.45, 7) is 2.17. The number of carbonyl (C=O) groups is 1. The predicted octanol–water partition coefficient (Wildman–Crippen LogP) is 4.69. The molecule has 0 spiro atoms. The van der Waals surface area contributed by atoms with Gasteiger partial charge in [-0.2, -0.15) is 14.0 Å². The molecule has 0 aliphatic heterocycles. The normalized spacial score (nSPS) is 12.4. The van der Waals surface area contributed by atoms with Crippen molar-refractivity contribution in [2.24, 2.45) is 0 Å². The van der Waals surface area contributed by atoms with E-state index in [1.54, 1.807) is 26.0 Å². The Morgan fingerprint density at radius 2 is 1.78 bits per heavy atom. The quantitative estimate of drug-likeness (QED) is 0.593. The Balaban J connectivity index is 2.22. The second-order valence-electron chi connectivity index (χ2n) is 6.14. The molecule has 0 unspecified atom stereocenters. The highest BCUT2D eigenvalue weighted by atomic mass is 19.3. The Labute approximate surface area is 157 Å². The lowest BCUT2D eigenvalue weighted by molar-refractivity contribution is -0.117. The van der Waals surface area contributed by atoms with Gasteiger partial charge in [0.15, 0.2) is 0 Å². The summed E-state index contributed by atoms with van der Waals surface area (Å²) in [5.74, 6) is -0.403. The molecule has 6 heteroatoms. The van der Waals surface area contributed by atoms with E-state index in [0.29, 0.717) is 16.7 Å². The Bertz CT molecular complexity index is 864. The van der Waals surface area contributed by atoms with Gasteiger partial charge < -0.3 is 10.1 Å². The molecule has 140 valence electrons. The maximum Gasteiger partial charge on any atom is 0.387 e. The Morgan fingerprint density at radius 3 is 2.30 bits per heavy atom. The molecular formula is C21H20F2N2O2. The summed E-state index contributed by atoms with van der Waals surface area (Å²) >= 11 is 0. The summed E-state index contributed by atoms with van der Waals surface area (Å²) in [5, 5.41) is 12.1. The number of benzene rings is 2. The minimum Gasteiger partial charge on any atom is -0.434 e. The van der Waals surface area contributed by atoms with Gasteiger partial charge >= 0.3 is 6.61 Å². The van der Waals surface area contributed by atoms with Gasteiger partial charge in [0.2, 0.25) is 0 Å². The standard InChI is InChI=1S/C21H20F2N2O2/c1-13-9-16(10-14(2)19(13)27-21(22)23)11-18(12-24)20(26)25-15(3)17-7-5-4-6-8-17/h4-11,15,21H,1-3H3,(H,25,26)/b18-11+/t15-/m1/s1. The number of nitrogens with one attached hydrogen (secondary N) is 1. The number of alkyl halides is 2. The third-order valence-corrected chi connectivity index (χ3v) is 4.01. The SMILES string of the molecule is Cc1cc(/C=C(\C#N)C(=O)N[C@H](C)c2ccccc2)cc(C)c1OC(F)F. The Hall–Kier alpha value is -3.20. The van der Waals surface area contributed by atoms with Gasteiger partial charge in [0.1, 0.15) is 17.4 Å². The van der Waals surface area contributed by atoms with E-state index >= 15 is 0 Å². The van der Waals surface area contributed by atoms with Crippen molar-refractivity contribution in [1.82, 2.24) is 5.32 Å². The summed E-state index contributed by atoms with van der Waals surface area (Å²) in [4.78, 5) is 12.4. The van der Waals surface area contributed by atoms with Gasteiger partial charge in [-0.15, -0.1) is 0 Å². The fraction of sp³-hybridized carbons (Fsp3) is 0.238. The molecule has 1 atom stereocenters. The zero-order chi connectivity index (χ0) is 20.0. The minimum absolute atomic E-state index is 0.0703. The molecule has 2 aromatic carbocycles. The summed E-state index contributed by atoms with van der Waals surface area (Å²) in [5.41, 5.74) is 2.40. The average Bonchev–Trinajstić information content (AvgIpc) is 2.63. The van der Waals surface area contributed by atoms with Crippen LogP contribution in [0.3, 0.4) is 0 Å². The van der Waals surface area contributed by atoms with E-state index in [0.717, 1.165) is 5.56 Å². The van der Waals surface area contributed by atoms with Gasteiger partial charge in [-0.3, -0.25) is 4.79 Å². The molecule has 1 amide bonds. The lowest BCUT2D eigenvalue weighted by Crippen LogP contribution is -2.27. The largest absolute Gasteiger partial charge is 0.434 e. The van der Waals surface area contributed by atoms with Gasteiger partial charge in [-0.05, 0) is 61.2 Å². The van der Waals surface area contributed by atoms with Crippen LogP contribution in [0.25, 0.3) is 6.08 Å². The zero-order valence-corrected chi connectivity index (χ0v) is 15.3. The molecule has 27 heavy (non-hydrogen) atoms. The number of nitrogens with zero attached hydrogens (tertiary/aromatic N) is 1. The smallest absolute Gasteiger partial charge is 0.387 e. The third kappa shape index (κ3) is 5.38. The first-order valence-electron chi connectivity index (χ1n) is 8.35. The van der Waals surface area contributed by atoms with Crippen LogP contribution in [0.15, 0.2) is 48.0 Å². The highest BCUT2D eigenvalue weighted by molar-refractivity contribution is 6.01. The van der Waals surface area contributed by atoms with Crippen LogP contribution >= 0.6 is 0 Å². The molecule has 2 aromatic rings. The van der Waals surface area contributed by atoms with Crippen LogP contribution in [-0.2, 0) is 4.79 Å². The van der Waals surface area contributed by atoms with Crippen molar-refractivity contribution in [2.45, 2.75) is 33.4 Å². The molecule has 0 aliphatic carbocycles. The van der Waals surface area contributed by atoms with Gasteiger partial charge in [-0.1, -0.05) is 30.3 Å². The van der Waals surface area contributed by atoms with Crippen molar-refractivity contribution in [3.8, 4) is 11.8 Å². The molecule has 4 nitrogen and oxygen atoms in total. The zero-order valence-electron chi connectivity index (χ0n) is 15.3. The monoisotopic (exact) mass is 370 g/mol. The number of hydrogen-bond donors (Lipinski definition) is 1. The molecule has 0 bridgehead atoms. The highest BCUT2D eigenvalue weighted by Crippen LogP contribution is 2.27. The van der Waals surface area contributed by atoms with E-state index in [4.69, 9.17) is 0 Å². The van der Waals surface area contributed by atoms with E-state index in [9.17, 15) is 18.8 Å². The lowest BCUT2D eigenvalue weighted by atomic mass is 10.0. The topological polar surface area (TPSA) is 62.1 Å². The molecule has 0 heterocycles. The van der Waals surface area contributed by atoms with Crippen LogP contribution in [0.4, 0.5) is 8.78 Å². The van der Waals surface area contributed by atoms with Crippen LogP contribution in [0, 0.1) is 25.2 Å². The first-order valence-corrected chi connectivity index (χ1v) is 8.35. The Kier molecular flexibility index (Phi) is 6.67. The van der Waals surface area contributed by atoms with Gasteiger partial charge in [0.05, 0.1) is 6.04 Å². The molecular weight excluding hydrogens is 350 g/mol. The number of nitriles is 1. The summed E-state index contributed by atoms with van der Waals surface area (Å²) in [6, 6.07) is 14.2. The van der Waals surface area contributed by atoms with Crippen molar-refractivity contribution in [3.63, 3.8) is 0 Å². The van der Waals surface area contributed by atoms with E-state index in [1.165, 1.54) is 6.08 Å². The van der Waals surface area contributed by atoms with Crippen LogP contribution < -0.4 is 10.1 Å². The fourth-order valence-electron chi connectivity index (χ4n) is 2.76. The lowest BCUT2D eigenvalue weighted by Gasteiger charge is -2.14. The summed E-state index contributed by atoms with van der Waals surface area (Å²) in [7, 11) is 0. The second-order valence-corrected chi connectivity index (χ2v) is 6.14. The third-order valence-electron chi connectivity index (χ3n) is 4.01. The highest BCUT2D eigenvalue weighted by Gasteiger charge is 2.15. The maximum atomic E-state index is 12.5. The molecule has 1 N–H and O–H groups in total. The fourth-order valence-corrected chi connectivity index (χ4v) is 2.76. The average molecular weight is 370 g/mol. The summed E-state index contributed by atoms with van der Waals surface area (Å²) in [6.07, 6.45) is 1.43. The summed E-state index contributed by atoms with van der Waals surface area (Å²) < 4.78 is 29.5. The van der Waals surface area contributed by atoms with E-state index in [2.05, 4.69) is 10.1 Å². The first kappa shape index (κ1) is 20.1. The molecule has 0 aromatic heterocycles. The predicted molar refractivity (Wildman–Crippen MR) is 99.1 cm³/mol. The number of aryl methyl sites for hydroxylation is 2. The van der Waals surface area contributed by atoms with Crippen molar-refractivity contribution in [3.05, 3.63) is 70.3 Å². The van der Waals surface area contributed by atoms with Gasteiger partial charge in [0.25, 0.3) is 5.91 Å². The molecule has 0 radical (unpaired) electrons. The number of amides is 1. The van der Waals surface area contributed by atoms with E-state index in [-0.39, 0.29) is 17.4 Å². The van der Waals surface area contributed by atoms with Crippen molar-refractivity contribution >= 4 is 12.0 Å². The molecule has 0 fully saturated rings. The van der Waals surface area contributed by atoms with E-state index in [1.807, 2.05) is 43.3 Å². The molecule has 0 aliphatic rings. The number of halogens is 2. The minimum atomic E-state index is -2.91. The molecule has 0 saturated heterocycles. The van der Waals surface area contributed by atoms with Gasteiger partial charge in [-0.25, -0.2) is 0 Å². The number of ether oxygens (including phenoxy) is 1. The maximum absolute atomic E-state index is 12.5. The van der Waals surface area contributed by atoms with Crippen LogP contribution in [0.2, 0.25) is 0 Å². The van der Waals surface area contributed by atoms with Crippen LogP contribution in [0.1, 0.15) is 35.2 Å². The Morgan fingerprint density at radius 1 is 1.19 bits per heavy atom. The van der Waals surface area contributed by atoms with Gasteiger partial charge in [0, 0.05) is 0 Å². The molecule has 2 rings (SSSR count).